The quantitative estimate of drug-likeness (QED) is 0.192. The van der Waals surface area contributed by atoms with E-state index in [9.17, 15) is 30.3 Å². The van der Waals surface area contributed by atoms with Crippen molar-refractivity contribution in [2.45, 2.75) is 178 Å². The van der Waals surface area contributed by atoms with E-state index in [1.54, 1.807) is 13.0 Å². The smallest absolute Gasteiger partial charge is 0.159 e. The molecule has 17 unspecified atom stereocenters. The summed E-state index contributed by atoms with van der Waals surface area (Å²) >= 11 is 0. The van der Waals surface area contributed by atoms with E-state index in [1.165, 1.54) is 25.7 Å². The fourth-order valence-corrected chi connectivity index (χ4v) is 13.5. The fourth-order valence-electron chi connectivity index (χ4n) is 13.5. The molecule has 17 atom stereocenters. The number of hydrogen-bond acceptors (Lipinski definition) is 8. The number of carbonyl (C=O) groups is 1. The molecule has 0 amide bonds. The van der Waals surface area contributed by atoms with Crippen molar-refractivity contribution in [2.75, 3.05) is 6.54 Å². The van der Waals surface area contributed by atoms with Crippen molar-refractivity contribution >= 4 is 5.78 Å². The normalized spacial score (nSPS) is 50.8. The first kappa shape index (κ1) is 37.4. The van der Waals surface area contributed by atoms with E-state index in [4.69, 9.17) is 10.5 Å². The number of aliphatic hydroxyl groups is 5. The van der Waals surface area contributed by atoms with Crippen LogP contribution in [0.15, 0.2) is 11.6 Å². The summed E-state index contributed by atoms with van der Waals surface area (Å²) in [4.78, 5) is 14.2. The Hall–Kier alpha value is -0.910. The SMILES string of the molecule is CCCCC1CCC2OC(C(O)C(C)(O)C3CCC4(O)C5=CC(=O)C6CC(O)C(O)CC6(CCC6CCC(N)[NH2+]C6)C5CCC34C)C(C)C2C1. The number of ether oxygens (including phenoxy) is 1. The molecule has 9 nitrogen and oxygen atoms in total. The molecule has 0 aromatic rings. The molecule has 7 rings (SSSR count). The maximum absolute atomic E-state index is 14.2. The van der Waals surface area contributed by atoms with Crippen LogP contribution in [0.4, 0.5) is 0 Å². The van der Waals surface area contributed by atoms with Gasteiger partial charge in [0.2, 0.25) is 0 Å². The predicted octanol–water partition coefficient (Wildman–Crippen LogP) is 3.33. The Morgan fingerprint density at radius 2 is 1.80 bits per heavy atom. The van der Waals surface area contributed by atoms with Crippen molar-refractivity contribution in [1.82, 2.24) is 0 Å². The summed E-state index contributed by atoms with van der Waals surface area (Å²) in [5, 5.41) is 61.7. The van der Waals surface area contributed by atoms with Gasteiger partial charge in [-0.25, -0.2) is 0 Å². The Bertz CT molecular complexity index is 1280. The summed E-state index contributed by atoms with van der Waals surface area (Å²) in [6, 6.07) is 0. The highest BCUT2D eigenvalue weighted by Gasteiger charge is 2.70. The number of aliphatic hydroxyl groups excluding tert-OH is 3. The van der Waals surface area contributed by atoms with E-state index >= 15 is 0 Å². The molecule has 2 heterocycles. The Morgan fingerprint density at radius 1 is 1.04 bits per heavy atom. The molecular weight excluding hydrogens is 632 g/mol. The minimum Gasteiger partial charge on any atom is -0.390 e. The van der Waals surface area contributed by atoms with E-state index in [2.05, 4.69) is 26.1 Å². The number of allylic oxidation sites excluding steroid dienone is 1. The monoisotopic (exact) mass is 702 g/mol. The molecule has 9 heteroatoms. The van der Waals surface area contributed by atoms with E-state index in [1.807, 2.05) is 0 Å². The minimum absolute atomic E-state index is 0.0413. The van der Waals surface area contributed by atoms with Crippen LogP contribution in [0.25, 0.3) is 0 Å². The van der Waals surface area contributed by atoms with E-state index in [0.29, 0.717) is 43.4 Å². The van der Waals surface area contributed by atoms with Crippen molar-refractivity contribution in [3.8, 4) is 0 Å². The summed E-state index contributed by atoms with van der Waals surface area (Å²) in [6.45, 7) is 9.23. The van der Waals surface area contributed by atoms with E-state index in [0.717, 1.165) is 57.1 Å². The lowest BCUT2D eigenvalue weighted by Crippen LogP contribution is -2.95. The average Bonchev–Trinajstić information content (AvgIpc) is 3.57. The van der Waals surface area contributed by atoms with Crippen LogP contribution in [0, 0.1) is 52.3 Å². The first-order valence-electron chi connectivity index (χ1n) is 20.7. The first-order chi connectivity index (χ1) is 23.7. The van der Waals surface area contributed by atoms with Gasteiger partial charge in [-0.05, 0) is 131 Å². The Balaban J connectivity index is 1.13. The molecule has 6 fully saturated rings. The number of hydrogen-bond donors (Lipinski definition) is 7. The van der Waals surface area contributed by atoms with Crippen molar-refractivity contribution in [1.29, 1.82) is 0 Å². The lowest BCUT2D eigenvalue weighted by Gasteiger charge is -2.62. The van der Waals surface area contributed by atoms with Crippen LogP contribution in [0.3, 0.4) is 0 Å². The number of piperidine rings is 1. The van der Waals surface area contributed by atoms with Gasteiger partial charge in [-0.3, -0.25) is 10.5 Å². The zero-order valence-electron chi connectivity index (χ0n) is 31.3. The molecule has 9 N–H and O–H groups in total. The Labute approximate surface area is 300 Å². The largest absolute Gasteiger partial charge is 0.390 e. The van der Waals surface area contributed by atoms with Gasteiger partial charge >= 0.3 is 0 Å². The fraction of sp³-hybridized carbons (Fsp3) is 0.927. The summed E-state index contributed by atoms with van der Waals surface area (Å²) in [5.41, 5.74) is 2.85. The molecule has 5 aliphatic carbocycles. The molecule has 0 spiro atoms. The van der Waals surface area contributed by atoms with Crippen molar-refractivity contribution in [2.24, 2.45) is 58.0 Å². The van der Waals surface area contributed by atoms with Gasteiger partial charge in [0, 0.05) is 23.7 Å². The second-order valence-electron chi connectivity index (χ2n) is 19.1. The van der Waals surface area contributed by atoms with Crippen LogP contribution < -0.4 is 11.1 Å². The van der Waals surface area contributed by atoms with Gasteiger partial charge in [-0.1, -0.05) is 40.0 Å². The third kappa shape index (κ3) is 5.91. The van der Waals surface area contributed by atoms with Crippen molar-refractivity contribution in [3.05, 3.63) is 11.6 Å². The van der Waals surface area contributed by atoms with Crippen LogP contribution in [-0.4, -0.2) is 85.7 Å². The highest BCUT2D eigenvalue weighted by molar-refractivity contribution is 5.95. The van der Waals surface area contributed by atoms with Gasteiger partial charge in [0.05, 0.1) is 42.2 Å². The molecule has 7 aliphatic rings. The molecule has 0 radical (unpaired) electrons. The van der Waals surface area contributed by atoms with E-state index in [-0.39, 0.29) is 42.2 Å². The third-order valence-corrected chi connectivity index (χ3v) is 16.6. The molecule has 2 saturated heterocycles. The van der Waals surface area contributed by atoms with Crippen LogP contribution in [0.5, 0.6) is 0 Å². The Morgan fingerprint density at radius 3 is 2.52 bits per heavy atom. The van der Waals surface area contributed by atoms with Gasteiger partial charge < -0.3 is 35.6 Å². The van der Waals surface area contributed by atoms with Crippen LogP contribution >= 0.6 is 0 Å². The highest BCUT2D eigenvalue weighted by Crippen LogP contribution is 2.70. The minimum atomic E-state index is -1.50. The summed E-state index contributed by atoms with van der Waals surface area (Å²) in [5.74, 6) is 0.811. The van der Waals surface area contributed by atoms with Crippen LogP contribution in [0.2, 0.25) is 0 Å². The number of quaternary nitrogens is 1. The lowest BCUT2D eigenvalue weighted by atomic mass is 9.44. The summed E-state index contributed by atoms with van der Waals surface area (Å²) in [6.07, 6.45) is 12.3. The molecule has 4 saturated carbocycles. The second-order valence-corrected chi connectivity index (χ2v) is 19.1. The third-order valence-electron chi connectivity index (χ3n) is 16.6. The van der Waals surface area contributed by atoms with Crippen molar-refractivity contribution in [3.63, 3.8) is 0 Å². The number of ketones is 1. The zero-order chi connectivity index (χ0) is 35.8. The van der Waals surface area contributed by atoms with Gasteiger partial charge in [0.25, 0.3) is 0 Å². The number of nitrogens with two attached hydrogens (primary N) is 2. The standard InChI is InChI=1S/C41H68N2O7/c1-5-6-7-24-8-10-33-26(18-24)23(2)36(50-33)37(47)39(4,48)34-14-17-41(49)28-19-30(44)29-20-31(45)32(46)21-40(29,27(28)13-15-38(34,41)3)16-12-25-9-11-35(42)43-22-25/h19,23-27,29,31-37,43,45-49H,5-18,20-22,42H2,1-4H3/p+1. The predicted molar refractivity (Wildman–Crippen MR) is 190 cm³/mol. The van der Waals surface area contributed by atoms with Gasteiger partial charge in [-0.2, -0.15) is 0 Å². The van der Waals surface area contributed by atoms with Gasteiger partial charge in [0.1, 0.15) is 12.3 Å². The summed E-state index contributed by atoms with van der Waals surface area (Å²) in [7, 11) is 0. The molecule has 0 aromatic carbocycles. The van der Waals surface area contributed by atoms with Crippen LogP contribution in [0.1, 0.15) is 130 Å². The maximum Gasteiger partial charge on any atom is 0.159 e. The number of carbonyl (C=O) groups excluding carboxylic acids is 1. The average molecular weight is 702 g/mol. The molecule has 0 bridgehead atoms. The molecule has 284 valence electrons. The molecule has 50 heavy (non-hydrogen) atoms. The summed E-state index contributed by atoms with van der Waals surface area (Å²) < 4.78 is 6.62. The number of rotatable bonds is 9. The first-order valence-corrected chi connectivity index (χ1v) is 20.7. The van der Waals surface area contributed by atoms with Crippen molar-refractivity contribution < 1.29 is 40.4 Å². The zero-order valence-corrected chi connectivity index (χ0v) is 31.3. The number of unbranched alkanes of at least 4 members (excludes halogenated alkanes) is 1. The molecular formula is C41H69N2O7+. The Kier molecular flexibility index (Phi) is 10.3. The van der Waals surface area contributed by atoms with Gasteiger partial charge in [-0.15, -0.1) is 0 Å². The highest BCUT2D eigenvalue weighted by atomic mass is 16.5. The van der Waals surface area contributed by atoms with E-state index < -0.39 is 52.4 Å². The van der Waals surface area contributed by atoms with Crippen LogP contribution in [-0.2, 0) is 9.53 Å². The number of fused-ring (bicyclic) bond motifs is 6. The second kappa shape index (κ2) is 13.7. The lowest BCUT2D eigenvalue weighted by molar-refractivity contribution is -0.703. The molecule has 2 aliphatic heterocycles. The maximum atomic E-state index is 14.2. The van der Waals surface area contributed by atoms with Gasteiger partial charge in [0.15, 0.2) is 5.78 Å². The topological polar surface area (TPSA) is 170 Å². The molecule has 0 aromatic heterocycles.